The zero-order valence-corrected chi connectivity index (χ0v) is 19.9. The summed E-state index contributed by atoms with van der Waals surface area (Å²) in [6.07, 6.45) is -3.96. The van der Waals surface area contributed by atoms with E-state index in [0.717, 1.165) is 28.8 Å². The van der Waals surface area contributed by atoms with Gasteiger partial charge in [-0.3, -0.25) is 4.79 Å². The highest BCUT2D eigenvalue weighted by Crippen LogP contribution is 2.31. The molecule has 4 rings (SSSR count). The molecule has 4 nitrogen and oxygen atoms in total. The number of amides is 1. The Morgan fingerprint density at radius 2 is 1.72 bits per heavy atom. The standard InChI is InChI=1S/C28H25F4N3O/c1-18-6-7-19(2)21(14-18)17-33-27(36)13-10-24-16-26(20-4-3-5-23(29)15-20)35(34-24)25-11-8-22(9-12-25)28(30,31)32/h3-9,11-12,14-16H,10,13,17H2,1-2H3,(H,33,36). The molecule has 0 aliphatic heterocycles. The molecule has 0 atom stereocenters. The third-order valence-corrected chi connectivity index (χ3v) is 5.91. The van der Waals surface area contributed by atoms with E-state index in [1.165, 1.54) is 28.9 Å². The van der Waals surface area contributed by atoms with E-state index in [-0.39, 0.29) is 12.3 Å². The lowest BCUT2D eigenvalue weighted by Gasteiger charge is -2.10. The Morgan fingerprint density at radius 3 is 2.42 bits per heavy atom. The molecule has 0 radical (unpaired) electrons. The summed E-state index contributed by atoms with van der Waals surface area (Å²) in [6, 6.07) is 18.3. The van der Waals surface area contributed by atoms with Crippen molar-refractivity contribution in [2.24, 2.45) is 0 Å². The van der Waals surface area contributed by atoms with Crippen molar-refractivity contribution in [3.63, 3.8) is 0 Å². The number of carbonyl (C=O) groups is 1. The second kappa shape index (κ2) is 10.4. The Morgan fingerprint density at radius 1 is 0.972 bits per heavy atom. The van der Waals surface area contributed by atoms with Crippen LogP contribution >= 0.6 is 0 Å². The van der Waals surface area contributed by atoms with Gasteiger partial charge in [-0.2, -0.15) is 18.3 Å². The molecule has 1 heterocycles. The van der Waals surface area contributed by atoms with Crippen LogP contribution in [0.15, 0.2) is 72.8 Å². The molecule has 3 aromatic carbocycles. The van der Waals surface area contributed by atoms with E-state index in [4.69, 9.17) is 0 Å². The first-order valence-corrected chi connectivity index (χ1v) is 11.5. The van der Waals surface area contributed by atoms with Crippen LogP contribution in [0, 0.1) is 19.7 Å². The van der Waals surface area contributed by atoms with E-state index in [9.17, 15) is 22.4 Å². The fraction of sp³-hybridized carbons (Fsp3) is 0.214. The lowest BCUT2D eigenvalue weighted by molar-refractivity contribution is -0.137. The Kier molecular flexibility index (Phi) is 7.24. The predicted molar refractivity (Wildman–Crippen MR) is 130 cm³/mol. The van der Waals surface area contributed by atoms with Crippen LogP contribution in [0.1, 0.15) is 34.4 Å². The van der Waals surface area contributed by atoms with Crippen LogP contribution in [0.3, 0.4) is 0 Å². The second-order valence-corrected chi connectivity index (χ2v) is 8.69. The number of halogens is 4. The van der Waals surface area contributed by atoms with Gasteiger partial charge in [0.2, 0.25) is 5.91 Å². The fourth-order valence-corrected chi connectivity index (χ4v) is 3.91. The van der Waals surface area contributed by atoms with Crippen LogP contribution < -0.4 is 5.32 Å². The van der Waals surface area contributed by atoms with Crippen molar-refractivity contribution in [3.8, 4) is 16.9 Å². The number of nitrogens with one attached hydrogen (secondary N) is 1. The molecule has 0 spiro atoms. The van der Waals surface area contributed by atoms with E-state index in [0.29, 0.717) is 35.6 Å². The molecule has 186 valence electrons. The highest BCUT2D eigenvalue weighted by Gasteiger charge is 2.30. The molecule has 1 amide bonds. The first-order valence-electron chi connectivity index (χ1n) is 11.5. The smallest absolute Gasteiger partial charge is 0.352 e. The topological polar surface area (TPSA) is 46.9 Å². The average molecular weight is 496 g/mol. The van der Waals surface area contributed by atoms with Crippen LogP contribution in [0.2, 0.25) is 0 Å². The molecule has 0 bridgehead atoms. The van der Waals surface area contributed by atoms with Gasteiger partial charge in [-0.25, -0.2) is 9.07 Å². The molecule has 0 aliphatic carbocycles. The molecule has 0 aliphatic rings. The first kappa shape index (κ1) is 25.2. The lowest BCUT2D eigenvalue weighted by atomic mass is 10.1. The quantitative estimate of drug-likeness (QED) is 0.295. The van der Waals surface area contributed by atoms with Gasteiger partial charge in [0, 0.05) is 24.9 Å². The van der Waals surface area contributed by atoms with Gasteiger partial charge >= 0.3 is 6.18 Å². The van der Waals surface area contributed by atoms with Crippen LogP contribution in [0.4, 0.5) is 17.6 Å². The maximum Gasteiger partial charge on any atom is 0.416 e. The molecule has 1 N–H and O–H groups in total. The summed E-state index contributed by atoms with van der Waals surface area (Å²) in [7, 11) is 0. The predicted octanol–water partition coefficient (Wildman–Crippen LogP) is 6.56. The van der Waals surface area contributed by atoms with Crippen molar-refractivity contribution in [2.75, 3.05) is 0 Å². The van der Waals surface area contributed by atoms with E-state index in [1.54, 1.807) is 18.2 Å². The highest BCUT2D eigenvalue weighted by atomic mass is 19.4. The van der Waals surface area contributed by atoms with Crippen molar-refractivity contribution in [2.45, 2.75) is 39.4 Å². The van der Waals surface area contributed by atoms with Crippen LogP contribution in [-0.4, -0.2) is 15.7 Å². The van der Waals surface area contributed by atoms with Gasteiger partial charge in [0.05, 0.1) is 22.6 Å². The molecule has 0 fully saturated rings. The third-order valence-electron chi connectivity index (χ3n) is 5.91. The summed E-state index contributed by atoms with van der Waals surface area (Å²) in [5.74, 6) is -0.590. The zero-order chi connectivity index (χ0) is 25.9. The number of rotatable bonds is 7. The summed E-state index contributed by atoms with van der Waals surface area (Å²) in [6.45, 7) is 4.40. The Bertz CT molecular complexity index is 1370. The van der Waals surface area contributed by atoms with Gasteiger partial charge in [-0.15, -0.1) is 0 Å². The van der Waals surface area contributed by atoms with Crippen molar-refractivity contribution in [1.29, 1.82) is 0 Å². The molecular formula is C28H25F4N3O. The Balaban J connectivity index is 1.53. The summed E-state index contributed by atoms with van der Waals surface area (Å²) in [5, 5.41) is 7.45. The minimum atomic E-state index is -4.45. The SMILES string of the molecule is Cc1ccc(C)c(CNC(=O)CCc2cc(-c3cccc(F)c3)n(-c3ccc(C(F)(F)F)cc3)n2)c1. The second-order valence-electron chi connectivity index (χ2n) is 8.69. The number of nitrogens with zero attached hydrogens (tertiary/aromatic N) is 2. The number of alkyl halides is 3. The summed E-state index contributed by atoms with van der Waals surface area (Å²) >= 11 is 0. The van der Waals surface area contributed by atoms with Crippen molar-refractivity contribution in [3.05, 3.63) is 107 Å². The van der Waals surface area contributed by atoms with E-state index in [1.807, 2.05) is 32.0 Å². The third kappa shape index (κ3) is 6.00. The summed E-state index contributed by atoms with van der Waals surface area (Å²) in [5.41, 5.74) is 4.48. The number of carbonyl (C=O) groups excluding carboxylic acids is 1. The van der Waals surface area contributed by atoms with E-state index >= 15 is 0 Å². The molecule has 0 saturated heterocycles. The van der Waals surface area contributed by atoms with Crippen LogP contribution in [0.25, 0.3) is 16.9 Å². The van der Waals surface area contributed by atoms with Crippen molar-refractivity contribution in [1.82, 2.24) is 15.1 Å². The van der Waals surface area contributed by atoms with E-state index < -0.39 is 17.6 Å². The summed E-state index contributed by atoms with van der Waals surface area (Å²) in [4.78, 5) is 12.5. The van der Waals surface area contributed by atoms with E-state index in [2.05, 4.69) is 10.4 Å². The normalized spacial score (nSPS) is 11.5. The molecule has 0 unspecified atom stereocenters. The van der Waals surface area contributed by atoms with Crippen LogP contribution in [0.5, 0.6) is 0 Å². The molecule has 8 heteroatoms. The largest absolute Gasteiger partial charge is 0.416 e. The Hall–Kier alpha value is -3.94. The summed E-state index contributed by atoms with van der Waals surface area (Å²) < 4.78 is 54.4. The van der Waals surface area contributed by atoms with Crippen molar-refractivity contribution >= 4 is 5.91 Å². The van der Waals surface area contributed by atoms with Gasteiger partial charge in [0.1, 0.15) is 5.82 Å². The number of benzene rings is 3. The number of hydrogen-bond acceptors (Lipinski definition) is 2. The van der Waals surface area contributed by atoms with Gasteiger partial charge in [-0.1, -0.05) is 35.9 Å². The monoisotopic (exact) mass is 495 g/mol. The lowest BCUT2D eigenvalue weighted by Crippen LogP contribution is -2.23. The molecular weight excluding hydrogens is 470 g/mol. The average Bonchev–Trinajstić information content (AvgIpc) is 3.27. The number of aromatic nitrogens is 2. The number of hydrogen-bond donors (Lipinski definition) is 1. The van der Waals surface area contributed by atoms with Gasteiger partial charge < -0.3 is 5.32 Å². The van der Waals surface area contributed by atoms with Gasteiger partial charge in [0.25, 0.3) is 0 Å². The highest BCUT2D eigenvalue weighted by molar-refractivity contribution is 5.76. The first-order chi connectivity index (χ1) is 17.1. The fourth-order valence-electron chi connectivity index (χ4n) is 3.91. The van der Waals surface area contributed by atoms with Gasteiger partial charge in [0.15, 0.2) is 0 Å². The molecule has 36 heavy (non-hydrogen) atoms. The molecule has 0 saturated carbocycles. The minimum absolute atomic E-state index is 0.146. The van der Waals surface area contributed by atoms with Crippen molar-refractivity contribution < 1.29 is 22.4 Å². The van der Waals surface area contributed by atoms with Gasteiger partial charge in [-0.05, 0) is 67.4 Å². The zero-order valence-electron chi connectivity index (χ0n) is 19.9. The minimum Gasteiger partial charge on any atom is -0.352 e. The van der Waals surface area contributed by atoms with Crippen LogP contribution in [-0.2, 0) is 23.9 Å². The maximum atomic E-state index is 13.9. The Labute approximate surface area is 206 Å². The molecule has 4 aromatic rings. The number of aryl methyl sites for hydroxylation is 3. The molecule has 1 aromatic heterocycles. The maximum absolute atomic E-state index is 13.9.